The zero-order valence-electron chi connectivity index (χ0n) is 9.02. The summed E-state index contributed by atoms with van der Waals surface area (Å²) in [5.41, 5.74) is 10.0. The van der Waals surface area contributed by atoms with Crippen molar-refractivity contribution in [3.8, 4) is 0 Å². The van der Waals surface area contributed by atoms with Crippen molar-refractivity contribution in [2.75, 3.05) is 0 Å². The van der Waals surface area contributed by atoms with E-state index in [1.165, 1.54) is 0 Å². The molecule has 0 aromatic carbocycles. The van der Waals surface area contributed by atoms with Gasteiger partial charge in [-0.05, 0) is 26.2 Å². The molecule has 15 heavy (non-hydrogen) atoms. The Morgan fingerprint density at radius 1 is 1.53 bits per heavy atom. The van der Waals surface area contributed by atoms with Gasteiger partial charge in [-0.1, -0.05) is 0 Å². The van der Waals surface area contributed by atoms with E-state index in [1.807, 2.05) is 10.8 Å². The van der Waals surface area contributed by atoms with Crippen LogP contribution in [0.5, 0.6) is 0 Å². The quantitative estimate of drug-likeness (QED) is 0.660. The molecule has 0 aliphatic rings. The van der Waals surface area contributed by atoms with Crippen molar-refractivity contribution < 1.29 is 4.79 Å². The molecular weight excluding hydrogens is 192 g/mol. The first-order valence-corrected chi connectivity index (χ1v) is 5.07. The normalized spacial score (nSPS) is 14.8. The lowest BCUT2D eigenvalue weighted by Gasteiger charge is -2.19. The predicted molar refractivity (Wildman–Crippen MR) is 57.9 cm³/mol. The molecular formula is C10H18N4O. The van der Waals surface area contributed by atoms with Crippen LogP contribution in [0.3, 0.4) is 0 Å². The van der Waals surface area contributed by atoms with Gasteiger partial charge in [-0.3, -0.25) is 4.79 Å². The van der Waals surface area contributed by atoms with Crippen LogP contribution >= 0.6 is 0 Å². The van der Waals surface area contributed by atoms with Gasteiger partial charge in [0, 0.05) is 18.9 Å². The first kappa shape index (κ1) is 11.7. The molecule has 5 heteroatoms. The Bertz CT molecular complexity index is 305. The average Bonchev–Trinajstić information content (AvgIpc) is 2.64. The number of rotatable bonds is 6. The molecule has 84 valence electrons. The summed E-state index contributed by atoms with van der Waals surface area (Å²) < 4.78 is 2.00. The molecule has 1 atom stereocenters. The molecule has 0 saturated heterocycles. The standard InChI is InChI=1S/C10H18N4O/c1-10(12,9(11)15)4-2-3-6-14-7-5-13-8-14/h5,7-8H,2-4,6,12H2,1H3,(H2,11,15). The lowest BCUT2D eigenvalue weighted by Crippen LogP contribution is -2.49. The zero-order valence-corrected chi connectivity index (χ0v) is 9.02. The average molecular weight is 210 g/mol. The summed E-state index contributed by atoms with van der Waals surface area (Å²) in [6.07, 6.45) is 7.91. The number of aromatic nitrogens is 2. The molecule has 0 fully saturated rings. The van der Waals surface area contributed by atoms with Crippen LogP contribution in [0.4, 0.5) is 0 Å². The Kier molecular flexibility index (Phi) is 3.85. The number of aryl methyl sites for hydroxylation is 1. The first-order valence-electron chi connectivity index (χ1n) is 5.07. The number of nitrogens with two attached hydrogens (primary N) is 2. The van der Waals surface area contributed by atoms with Crippen LogP contribution in [0.1, 0.15) is 26.2 Å². The maximum atomic E-state index is 10.9. The monoisotopic (exact) mass is 210 g/mol. The van der Waals surface area contributed by atoms with Crippen LogP contribution in [0, 0.1) is 0 Å². The van der Waals surface area contributed by atoms with E-state index in [0.717, 1.165) is 19.4 Å². The number of primary amides is 1. The van der Waals surface area contributed by atoms with E-state index < -0.39 is 11.4 Å². The molecule has 0 aliphatic heterocycles. The number of carbonyl (C=O) groups excluding carboxylic acids is 1. The molecule has 1 aromatic heterocycles. The van der Waals surface area contributed by atoms with Crippen LogP contribution in [-0.2, 0) is 11.3 Å². The lowest BCUT2D eigenvalue weighted by molar-refractivity contribution is -0.122. The van der Waals surface area contributed by atoms with Crippen LogP contribution in [0.25, 0.3) is 0 Å². The maximum Gasteiger partial charge on any atom is 0.237 e. The summed E-state index contributed by atoms with van der Waals surface area (Å²) in [7, 11) is 0. The van der Waals surface area contributed by atoms with Gasteiger partial charge in [0.1, 0.15) is 0 Å². The van der Waals surface area contributed by atoms with Gasteiger partial charge in [0.05, 0.1) is 11.9 Å². The number of unbranched alkanes of at least 4 members (excludes halogenated alkanes) is 1. The van der Waals surface area contributed by atoms with Crippen molar-refractivity contribution in [2.24, 2.45) is 11.5 Å². The molecule has 1 amide bonds. The van der Waals surface area contributed by atoms with Gasteiger partial charge in [0.2, 0.25) is 5.91 Å². The molecule has 1 unspecified atom stereocenters. The van der Waals surface area contributed by atoms with E-state index in [0.29, 0.717) is 6.42 Å². The lowest BCUT2D eigenvalue weighted by atomic mass is 9.95. The third-order valence-corrected chi connectivity index (χ3v) is 2.48. The van der Waals surface area contributed by atoms with E-state index in [1.54, 1.807) is 19.4 Å². The van der Waals surface area contributed by atoms with E-state index >= 15 is 0 Å². The third-order valence-electron chi connectivity index (χ3n) is 2.48. The summed E-state index contributed by atoms with van der Waals surface area (Å²) >= 11 is 0. The van der Waals surface area contributed by atoms with Crippen LogP contribution in [-0.4, -0.2) is 21.0 Å². The van der Waals surface area contributed by atoms with Crippen molar-refractivity contribution >= 4 is 5.91 Å². The molecule has 0 radical (unpaired) electrons. The highest BCUT2D eigenvalue weighted by atomic mass is 16.1. The molecule has 4 N–H and O–H groups in total. The topological polar surface area (TPSA) is 86.9 Å². The van der Waals surface area contributed by atoms with Crippen molar-refractivity contribution in [3.63, 3.8) is 0 Å². The Morgan fingerprint density at radius 2 is 2.27 bits per heavy atom. The number of hydrogen-bond acceptors (Lipinski definition) is 3. The molecule has 0 spiro atoms. The Balaban J connectivity index is 2.19. The summed E-state index contributed by atoms with van der Waals surface area (Å²) in [6, 6.07) is 0. The fourth-order valence-corrected chi connectivity index (χ4v) is 1.33. The number of hydrogen-bond donors (Lipinski definition) is 2. The largest absolute Gasteiger partial charge is 0.368 e. The Hall–Kier alpha value is -1.36. The molecule has 5 nitrogen and oxygen atoms in total. The molecule has 1 heterocycles. The summed E-state index contributed by atoms with van der Waals surface area (Å²) in [5, 5.41) is 0. The van der Waals surface area contributed by atoms with Crippen LogP contribution < -0.4 is 11.5 Å². The maximum absolute atomic E-state index is 10.9. The summed E-state index contributed by atoms with van der Waals surface area (Å²) in [6.45, 7) is 2.57. The smallest absolute Gasteiger partial charge is 0.237 e. The Morgan fingerprint density at radius 3 is 2.80 bits per heavy atom. The molecule has 1 rings (SSSR count). The van der Waals surface area contributed by atoms with Gasteiger partial charge in [-0.2, -0.15) is 0 Å². The highest BCUT2D eigenvalue weighted by Gasteiger charge is 2.24. The van der Waals surface area contributed by atoms with E-state index in [4.69, 9.17) is 11.5 Å². The van der Waals surface area contributed by atoms with E-state index in [2.05, 4.69) is 4.98 Å². The molecule has 1 aromatic rings. The number of amides is 1. The number of imidazole rings is 1. The molecule has 0 saturated carbocycles. The number of nitrogens with zero attached hydrogens (tertiary/aromatic N) is 2. The van der Waals surface area contributed by atoms with Crippen molar-refractivity contribution in [3.05, 3.63) is 18.7 Å². The van der Waals surface area contributed by atoms with Gasteiger partial charge >= 0.3 is 0 Å². The zero-order chi connectivity index (χ0) is 11.3. The third kappa shape index (κ3) is 3.71. The first-order chi connectivity index (χ1) is 7.02. The second kappa shape index (κ2) is 4.93. The molecule has 0 bridgehead atoms. The number of carbonyl (C=O) groups is 1. The molecule has 0 aliphatic carbocycles. The summed E-state index contributed by atoms with van der Waals surface area (Å²) in [5.74, 6) is -0.440. The van der Waals surface area contributed by atoms with Gasteiger partial charge in [-0.15, -0.1) is 0 Å². The van der Waals surface area contributed by atoms with E-state index in [9.17, 15) is 4.79 Å². The fraction of sp³-hybridized carbons (Fsp3) is 0.600. The fourth-order valence-electron chi connectivity index (χ4n) is 1.33. The SMILES string of the molecule is CC(N)(CCCCn1ccnc1)C(N)=O. The van der Waals surface area contributed by atoms with Crippen molar-refractivity contribution in [1.29, 1.82) is 0 Å². The van der Waals surface area contributed by atoms with Crippen molar-refractivity contribution in [1.82, 2.24) is 9.55 Å². The van der Waals surface area contributed by atoms with Gasteiger partial charge in [0.25, 0.3) is 0 Å². The minimum Gasteiger partial charge on any atom is -0.368 e. The van der Waals surface area contributed by atoms with Crippen LogP contribution in [0.2, 0.25) is 0 Å². The van der Waals surface area contributed by atoms with Crippen LogP contribution in [0.15, 0.2) is 18.7 Å². The second-order valence-electron chi connectivity index (χ2n) is 4.04. The Labute approximate surface area is 89.5 Å². The van der Waals surface area contributed by atoms with E-state index in [-0.39, 0.29) is 0 Å². The second-order valence-corrected chi connectivity index (χ2v) is 4.04. The van der Waals surface area contributed by atoms with Gasteiger partial charge in [0.15, 0.2) is 0 Å². The highest BCUT2D eigenvalue weighted by molar-refractivity contribution is 5.83. The summed E-state index contributed by atoms with van der Waals surface area (Å²) in [4.78, 5) is 14.9. The minimum atomic E-state index is -0.880. The minimum absolute atomic E-state index is 0.440. The highest BCUT2D eigenvalue weighted by Crippen LogP contribution is 2.10. The predicted octanol–water partition coefficient (Wildman–Crippen LogP) is 0.256. The van der Waals surface area contributed by atoms with Crippen molar-refractivity contribution in [2.45, 2.75) is 38.3 Å². The van der Waals surface area contributed by atoms with Gasteiger partial charge in [-0.25, -0.2) is 4.98 Å². The van der Waals surface area contributed by atoms with Gasteiger partial charge < -0.3 is 16.0 Å².